The third-order valence-electron chi connectivity index (χ3n) is 3.64. The Morgan fingerprint density at radius 2 is 1.72 bits per heavy atom. The van der Waals surface area contributed by atoms with E-state index >= 15 is 0 Å². The zero-order chi connectivity index (χ0) is 13.4. The van der Waals surface area contributed by atoms with Gasteiger partial charge in [0, 0.05) is 18.4 Å². The Morgan fingerprint density at radius 3 is 2.22 bits per heavy atom. The molecule has 0 spiro atoms. The summed E-state index contributed by atoms with van der Waals surface area (Å²) in [4.78, 5) is 12.2. The summed E-state index contributed by atoms with van der Waals surface area (Å²) in [5.41, 5.74) is -4.26. The summed E-state index contributed by atoms with van der Waals surface area (Å²) >= 11 is 0. The Hall–Kier alpha value is -0.770. The molecule has 1 fully saturated rings. The van der Waals surface area contributed by atoms with Crippen molar-refractivity contribution in [3.8, 4) is 0 Å². The molecule has 1 aromatic carbocycles. The Balaban J connectivity index is 2.43. The minimum Gasteiger partial charge on any atom is -0.749 e. The lowest BCUT2D eigenvalue weighted by Crippen LogP contribution is -2.46. The highest BCUT2D eigenvalue weighted by Crippen LogP contribution is 2.65. The van der Waals surface area contributed by atoms with Crippen LogP contribution in [0.15, 0.2) is 30.3 Å². The van der Waals surface area contributed by atoms with Crippen molar-refractivity contribution in [1.82, 2.24) is 0 Å². The van der Waals surface area contributed by atoms with Gasteiger partial charge in [-0.05, 0) is 0 Å². The van der Waals surface area contributed by atoms with Crippen molar-refractivity contribution in [2.75, 3.05) is 20.1 Å². The van der Waals surface area contributed by atoms with Gasteiger partial charge in [-0.3, -0.25) is 8.82 Å². The molecule has 0 N–H and O–H groups in total. The van der Waals surface area contributed by atoms with E-state index < -0.39 is 23.0 Å². The molecule has 1 aromatic rings. The minimum absolute atomic E-state index is 0.267. The van der Waals surface area contributed by atoms with Crippen LogP contribution in [0.5, 0.6) is 0 Å². The molecule has 18 heavy (non-hydrogen) atoms. The lowest BCUT2D eigenvalue weighted by Gasteiger charge is -2.44. The van der Waals surface area contributed by atoms with Gasteiger partial charge >= 0.3 is 5.66 Å². The molecule has 0 aromatic heterocycles. The van der Waals surface area contributed by atoms with Gasteiger partial charge < -0.3 is 4.89 Å². The maximum Gasteiger partial charge on any atom is 0.359 e. The van der Waals surface area contributed by atoms with Crippen molar-refractivity contribution in [3.63, 3.8) is 0 Å². The van der Waals surface area contributed by atoms with Crippen LogP contribution in [0.4, 0.5) is 8.78 Å². The second-order valence-electron chi connectivity index (χ2n) is 4.92. The average Bonchev–Trinajstić information content (AvgIpc) is 2.79. The summed E-state index contributed by atoms with van der Waals surface area (Å²) in [5.74, 6) is 0. The predicted octanol–water partition coefficient (Wildman–Crippen LogP) is 2.53. The summed E-state index contributed by atoms with van der Waals surface area (Å²) in [5, 5.41) is 0. The molecule has 100 valence electrons. The van der Waals surface area contributed by atoms with E-state index in [0.717, 1.165) is 12.1 Å². The molecular weight excluding hydrogens is 259 g/mol. The predicted molar refractivity (Wildman–Crippen MR) is 63.1 cm³/mol. The maximum absolute atomic E-state index is 14.2. The van der Waals surface area contributed by atoms with Gasteiger partial charge in [-0.15, -0.1) is 0 Å². The number of likely N-dealkylation sites (tertiary alicyclic amines) is 1. The highest BCUT2D eigenvalue weighted by molar-refractivity contribution is 7.51. The summed E-state index contributed by atoms with van der Waals surface area (Å²) < 4.78 is 40.2. The first-order chi connectivity index (χ1) is 8.31. The summed E-state index contributed by atoms with van der Waals surface area (Å²) in [7, 11) is -3.54. The van der Waals surface area contributed by atoms with Gasteiger partial charge in [0.2, 0.25) is 0 Å². The molecule has 0 bridgehead atoms. The Morgan fingerprint density at radius 1 is 1.22 bits per heavy atom. The van der Waals surface area contributed by atoms with Crippen molar-refractivity contribution < 1.29 is 22.5 Å². The second-order valence-corrected chi connectivity index (χ2v) is 7.49. The molecule has 1 aliphatic heterocycles. The first-order valence-electron chi connectivity index (χ1n) is 5.91. The first-order valence-corrected chi connectivity index (χ1v) is 7.48. The van der Waals surface area contributed by atoms with Crippen LogP contribution in [-0.4, -0.2) is 24.4 Å². The van der Waals surface area contributed by atoms with E-state index in [1.54, 1.807) is 6.07 Å². The quantitative estimate of drug-likeness (QED) is 0.795. The van der Waals surface area contributed by atoms with Crippen LogP contribution in [0.2, 0.25) is 0 Å². The average molecular weight is 275 g/mol. The third-order valence-corrected chi connectivity index (χ3v) is 6.28. The number of nitrogens with zero attached hydrogens (tertiary/aromatic N) is 1. The summed E-state index contributed by atoms with van der Waals surface area (Å²) in [6.45, 7) is 0.534. The van der Waals surface area contributed by atoms with E-state index in [-0.39, 0.29) is 13.1 Å². The number of rotatable bonds is 3. The topological polar surface area (TPSA) is 40.1 Å². The van der Waals surface area contributed by atoms with Gasteiger partial charge in [0.25, 0.3) is 7.52 Å². The molecule has 0 aliphatic carbocycles. The van der Waals surface area contributed by atoms with Gasteiger partial charge in [-0.1, -0.05) is 30.3 Å². The smallest absolute Gasteiger partial charge is 0.359 e. The highest BCUT2D eigenvalue weighted by Gasteiger charge is 2.56. The molecule has 0 amide bonds. The molecule has 0 saturated carbocycles. The summed E-state index contributed by atoms with van der Waals surface area (Å²) in [6, 6.07) is 6.75. The lowest BCUT2D eigenvalue weighted by atomic mass is 10.2. The molecule has 1 saturated heterocycles. The normalized spacial score (nSPS) is 22.7. The molecule has 1 aliphatic rings. The first kappa shape index (κ1) is 13.7. The molecule has 1 unspecified atom stereocenters. The SMILES string of the molecule is C[N+]1(P(=O)([O-])C(F)(F)c2ccccc2)CCCC1. The molecule has 6 heteroatoms. The van der Waals surface area contributed by atoms with E-state index in [4.69, 9.17) is 0 Å². The fourth-order valence-corrected chi connectivity index (χ4v) is 4.28. The number of hydrogen-bond acceptors (Lipinski definition) is 2. The fourth-order valence-electron chi connectivity index (χ4n) is 2.38. The van der Waals surface area contributed by atoms with Crippen molar-refractivity contribution in [2.45, 2.75) is 18.5 Å². The molecule has 2 rings (SSSR count). The zero-order valence-corrected chi connectivity index (χ0v) is 11.1. The largest absolute Gasteiger partial charge is 0.749 e. The van der Waals surface area contributed by atoms with Gasteiger partial charge in [0.1, 0.15) is 0 Å². The second kappa shape index (κ2) is 4.41. The van der Waals surface area contributed by atoms with Crippen LogP contribution >= 0.6 is 7.52 Å². The molecule has 0 radical (unpaired) electrons. The van der Waals surface area contributed by atoms with E-state index in [0.29, 0.717) is 12.8 Å². The van der Waals surface area contributed by atoms with Crippen LogP contribution in [-0.2, 0) is 10.2 Å². The highest BCUT2D eigenvalue weighted by atomic mass is 31.2. The number of benzene rings is 1. The lowest BCUT2D eigenvalue weighted by molar-refractivity contribution is -0.799. The molecule has 1 heterocycles. The molecule has 1 atom stereocenters. The van der Waals surface area contributed by atoms with Crippen molar-refractivity contribution >= 4 is 7.52 Å². The Kier molecular flexibility index (Phi) is 3.34. The van der Waals surface area contributed by atoms with Crippen molar-refractivity contribution in [1.29, 1.82) is 0 Å². The number of quaternary nitrogens is 1. The van der Waals surface area contributed by atoms with Gasteiger partial charge in [-0.25, -0.2) is 0 Å². The minimum atomic E-state index is -4.92. The van der Waals surface area contributed by atoms with Crippen LogP contribution in [0.25, 0.3) is 0 Å². The van der Waals surface area contributed by atoms with E-state index in [9.17, 15) is 18.2 Å². The summed E-state index contributed by atoms with van der Waals surface area (Å²) in [6.07, 6.45) is 1.35. The molecule has 3 nitrogen and oxygen atoms in total. The number of halogens is 2. The fraction of sp³-hybridized carbons (Fsp3) is 0.500. The van der Waals surface area contributed by atoms with Gasteiger partial charge in [0.15, 0.2) is 0 Å². The van der Waals surface area contributed by atoms with Crippen LogP contribution in [0, 0.1) is 0 Å². The number of hydrogen-bond donors (Lipinski definition) is 0. The third kappa shape index (κ3) is 1.91. The molecular formula is C12H16F2NO2P. The monoisotopic (exact) mass is 275 g/mol. The van der Waals surface area contributed by atoms with Crippen LogP contribution in [0.3, 0.4) is 0 Å². The van der Waals surface area contributed by atoms with Gasteiger partial charge in [0.05, 0.1) is 20.1 Å². The number of alkyl halides is 2. The zero-order valence-electron chi connectivity index (χ0n) is 10.2. The Labute approximate surface area is 105 Å². The Bertz CT molecular complexity index is 472. The van der Waals surface area contributed by atoms with E-state index in [1.165, 1.54) is 19.2 Å². The van der Waals surface area contributed by atoms with Crippen molar-refractivity contribution in [2.24, 2.45) is 0 Å². The van der Waals surface area contributed by atoms with Crippen molar-refractivity contribution in [3.05, 3.63) is 35.9 Å². The van der Waals surface area contributed by atoms with Crippen LogP contribution < -0.4 is 4.89 Å². The van der Waals surface area contributed by atoms with E-state index in [1.807, 2.05) is 0 Å². The van der Waals surface area contributed by atoms with E-state index in [2.05, 4.69) is 0 Å². The van der Waals surface area contributed by atoms with Crippen LogP contribution in [0.1, 0.15) is 18.4 Å². The maximum atomic E-state index is 14.2. The van der Waals surface area contributed by atoms with Gasteiger partial charge in [-0.2, -0.15) is 8.78 Å². The standard InChI is InChI=1S/C12H16F2NO2P/c1-15(9-5-6-10-15)18(16,17)12(13,14)11-7-3-2-4-8-11/h2-4,7-8H,5-6,9-10H2,1H3.